The molecule has 0 aliphatic carbocycles. The highest BCUT2D eigenvalue weighted by Crippen LogP contribution is 2.31. The van der Waals surface area contributed by atoms with E-state index in [2.05, 4.69) is 20.6 Å². The SMILES string of the molecule is CNc1cc(Nc2cc(OC)ccc2OC)nc(SC)n1. The van der Waals surface area contributed by atoms with Crippen LogP contribution in [0.3, 0.4) is 0 Å². The average Bonchev–Trinajstić information content (AvgIpc) is 2.54. The van der Waals surface area contributed by atoms with Gasteiger partial charge >= 0.3 is 0 Å². The molecule has 0 aliphatic heterocycles. The number of ether oxygens (including phenoxy) is 2. The average molecular weight is 306 g/mol. The molecule has 2 N–H and O–H groups in total. The fourth-order valence-corrected chi connectivity index (χ4v) is 2.14. The first-order chi connectivity index (χ1) is 10.2. The van der Waals surface area contributed by atoms with Gasteiger partial charge in [0.1, 0.15) is 23.1 Å². The van der Waals surface area contributed by atoms with Crippen molar-refractivity contribution < 1.29 is 9.47 Å². The Hall–Kier alpha value is -2.15. The summed E-state index contributed by atoms with van der Waals surface area (Å²) in [7, 11) is 5.07. The monoisotopic (exact) mass is 306 g/mol. The van der Waals surface area contributed by atoms with E-state index in [0.717, 1.165) is 17.3 Å². The van der Waals surface area contributed by atoms with Gasteiger partial charge in [-0.05, 0) is 18.4 Å². The van der Waals surface area contributed by atoms with Crippen LogP contribution in [0.15, 0.2) is 29.4 Å². The van der Waals surface area contributed by atoms with E-state index in [-0.39, 0.29) is 0 Å². The van der Waals surface area contributed by atoms with Gasteiger partial charge in [0.2, 0.25) is 0 Å². The van der Waals surface area contributed by atoms with Crippen LogP contribution in [0.4, 0.5) is 17.3 Å². The zero-order valence-corrected chi connectivity index (χ0v) is 13.2. The maximum absolute atomic E-state index is 5.35. The summed E-state index contributed by atoms with van der Waals surface area (Å²) < 4.78 is 10.6. The van der Waals surface area contributed by atoms with E-state index in [0.29, 0.717) is 16.7 Å². The Bertz CT molecular complexity index is 600. The zero-order valence-electron chi connectivity index (χ0n) is 12.4. The molecule has 2 aromatic rings. The molecule has 0 amide bonds. The minimum absolute atomic E-state index is 0.685. The fraction of sp³-hybridized carbons (Fsp3) is 0.286. The van der Waals surface area contributed by atoms with Crippen molar-refractivity contribution in [3.8, 4) is 11.5 Å². The Morgan fingerprint density at radius 1 is 1.05 bits per heavy atom. The van der Waals surface area contributed by atoms with Crippen LogP contribution in [0.25, 0.3) is 0 Å². The lowest BCUT2D eigenvalue weighted by molar-refractivity contribution is 0.405. The Morgan fingerprint density at radius 2 is 1.81 bits per heavy atom. The van der Waals surface area contributed by atoms with E-state index < -0.39 is 0 Å². The van der Waals surface area contributed by atoms with E-state index in [4.69, 9.17) is 9.47 Å². The highest BCUT2D eigenvalue weighted by Gasteiger charge is 2.08. The van der Waals surface area contributed by atoms with Gasteiger partial charge in [-0.2, -0.15) is 0 Å². The molecule has 6 nitrogen and oxygen atoms in total. The van der Waals surface area contributed by atoms with Crippen LogP contribution >= 0.6 is 11.8 Å². The lowest BCUT2D eigenvalue weighted by Crippen LogP contribution is -2.02. The van der Waals surface area contributed by atoms with Gasteiger partial charge < -0.3 is 20.1 Å². The molecule has 7 heteroatoms. The molecule has 0 aliphatic rings. The van der Waals surface area contributed by atoms with E-state index in [1.54, 1.807) is 14.2 Å². The number of nitrogens with one attached hydrogen (secondary N) is 2. The molecule has 2 rings (SSSR count). The van der Waals surface area contributed by atoms with Crippen molar-refractivity contribution in [1.82, 2.24) is 9.97 Å². The van der Waals surface area contributed by atoms with Crippen LogP contribution in [-0.4, -0.2) is 37.5 Å². The Morgan fingerprint density at radius 3 is 2.43 bits per heavy atom. The molecule has 1 aromatic heterocycles. The molecule has 0 radical (unpaired) electrons. The number of nitrogens with zero attached hydrogens (tertiary/aromatic N) is 2. The summed E-state index contributed by atoms with van der Waals surface area (Å²) in [5.41, 5.74) is 0.782. The number of anilines is 3. The molecule has 0 saturated heterocycles. The molecule has 0 bridgehead atoms. The zero-order chi connectivity index (χ0) is 15.2. The summed E-state index contributed by atoms with van der Waals surface area (Å²) in [6, 6.07) is 7.38. The second-order valence-corrected chi connectivity index (χ2v) is 4.84. The standard InChI is InChI=1S/C14H18N4O2S/c1-15-12-8-13(18-14(17-12)21-4)16-10-7-9(19-2)5-6-11(10)20-3/h5-8H,1-4H3,(H2,15,16,17,18). The van der Waals surface area contributed by atoms with Crippen LogP contribution in [0.2, 0.25) is 0 Å². The summed E-state index contributed by atoms with van der Waals surface area (Å²) in [6.45, 7) is 0. The molecule has 0 atom stereocenters. The predicted octanol–water partition coefficient (Wildman–Crippen LogP) is 3.00. The molecular formula is C14H18N4O2S. The summed E-state index contributed by atoms with van der Waals surface area (Å²) in [5, 5.41) is 6.94. The van der Waals surface area contributed by atoms with E-state index in [1.807, 2.05) is 37.6 Å². The molecular weight excluding hydrogens is 288 g/mol. The predicted molar refractivity (Wildman–Crippen MR) is 86.2 cm³/mol. The number of hydrogen-bond donors (Lipinski definition) is 2. The summed E-state index contributed by atoms with van der Waals surface area (Å²) >= 11 is 1.48. The third-order valence-corrected chi connectivity index (χ3v) is 3.36. The number of hydrogen-bond acceptors (Lipinski definition) is 7. The van der Waals surface area contributed by atoms with Crippen molar-refractivity contribution in [3.05, 3.63) is 24.3 Å². The van der Waals surface area contributed by atoms with Crippen LogP contribution in [0.1, 0.15) is 0 Å². The number of methoxy groups -OCH3 is 2. The van der Waals surface area contributed by atoms with Gasteiger partial charge in [-0.25, -0.2) is 9.97 Å². The first kappa shape index (κ1) is 15.2. The second-order valence-electron chi connectivity index (χ2n) is 4.07. The van der Waals surface area contributed by atoms with Gasteiger partial charge in [-0.15, -0.1) is 0 Å². The number of rotatable bonds is 6. The molecule has 0 unspecified atom stereocenters. The topological polar surface area (TPSA) is 68.3 Å². The van der Waals surface area contributed by atoms with Crippen molar-refractivity contribution in [2.75, 3.05) is 38.2 Å². The van der Waals surface area contributed by atoms with E-state index in [1.165, 1.54) is 11.8 Å². The van der Waals surface area contributed by atoms with E-state index >= 15 is 0 Å². The van der Waals surface area contributed by atoms with Gasteiger partial charge in [-0.1, -0.05) is 11.8 Å². The van der Waals surface area contributed by atoms with E-state index in [9.17, 15) is 0 Å². The smallest absolute Gasteiger partial charge is 0.191 e. The minimum Gasteiger partial charge on any atom is -0.497 e. The summed E-state index contributed by atoms with van der Waals surface area (Å²) in [6.07, 6.45) is 1.94. The summed E-state index contributed by atoms with van der Waals surface area (Å²) in [4.78, 5) is 8.76. The van der Waals surface area contributed by atoms with Crippen molar-refractivity contribution in [3.63, 3.8) is 0 Å². The van der Waals surface area contributed by atoms with Gasteiger partial charge in [0.05, 0.1) is 19.9 Å². The Balaban J connectivity index is 2.36. The van der Waals surface area contributed by atoms with Crippen molar-refractivity contribution in [2.45, 2.75) is 5.16 Å². The normalized spacial score (nSPS) is 10.1. The number of benzene rings is 1. The van der Waals surface area contributed by atoms with Crippen LogP contribution in [0, 0.1) is 0 Å². The van der Waals surface area contributed by atoms with Gasteiger partial charge in [0.25, 0.3) is 0 Å². The molecule has 1 aromatic carbocycles. The van der Waals surface area contributed by atoms with Gasteiger partial charge in [0.15, 0.2) is 5.16 Å². The largest absolute Gasteiger partial charge is 0.497 e. The quantitative estimate of drug-likeness (QED) is 0.628. The third-order valence-electron chi connectivity index (χ3n) is 2.81. The molecule has 21 heavy (non-hydrogen) atoms. The molecule has 0 saturated carbocycles. The van der Waals surface area contributed by atoms with Crippen LogP contribution in [-0.2, 0) is 0 Å². The number of aromatic nitrogens is 2. The van der Waals surface area contributed by atoms with Gasteiger partial charge in [-0.3, -0.25) is 0 Å². The molecule has 1 heterocycles. The Kier molecular flexibility index (Phi) is 5.10. The van der Waals surface area contributed by atoms with Crippen molar-refractivity contribution in [2.24, 2.45) is 0 Å². The van der Waals surface area contributed by atoms with Crippen LogP contribution < -0.4 is 20.1 Å². The minimum atomic E-state index is 0.685. The van der Waals surface area contributed by atoms with Gasteiger partial charge in [0, 0.05) is 19.2 Å². The molecule has 112 valence electrons. The first-order valence-electron chi connectivity index (χ1n) is 6.30. The highest BCUT2D eigenvalue weighted by molar-refractivity contribution is 7.98. The second kappa shape index (κ2) is 7.03. The highest BCUT2D eigenvalue weighted by atomic mass is 32.2. The fourth-order valence-electron chi connectivity index (χ4n) is 1.76. The maximum Gasteiger partial charge on any atom is 0.191 e. The summed E-state index contributed by atoms with van der Waals surface area (Å²) in [5.74, 6) is 2.89. The third kappa shape index (κ3) is 3.69. The molecule has 0 fully saturated rings. The Labute approximate surface area is 128 Å². The maximum atomic E-state index is 5.35. The van der Waals surface area contributed by atoms with Crippen LogP contribution in [0.5, 0.6) is 11.5 Å². The van der Waals surface area contributed by atoms with Crippen molar-refractivity contribution >= 4 is 29.1 Å². The first-order valence-corrected chi connectivity index (χ1v) is 7.52. The number of thioether (sulfide) groups is 1. The molecule has 0 spiro atoms. The lowest BCUT2D eigenvalue weighted by Gasteiger charge is -2.13. The lowest BCUT2D eigenvalue weighted by atomic mass is 10.2. The van der Waals surface area contributed by atoms with Crippen molar-refractivity contribution in [1.29, 1.82) is 0 Å².